The average Bonchev–Trinajstić information content (AvgIpc) is 3.72. The number of hydrogen-bond acceptors (Lipinski definition) is 9. The smallest absolute Gasteiger partial charge is 0.220 e. The predicted octanol–water partition coefficient (Wildman–Crippen LogP) is 5.88. The van der Waals surface area contributed by atoms with Crippen LogP contribution in [-0.4, -0.2) is 72.3 Å². The number of aliphatic hydroxyl groups excluding tert-OH is 1. The number of amides is 1. The van der Waals surface area contributed by atoms with Crippen molar-refractivity contribution in [3.63, 3.8) is 0 Å². The van der Waals surface area contributed by atoms with E-state index in [9.17, 15) is 9.90 Å². The number of fused-ring (bicyclic) bond motifs is 1. The number of carbonyl (C=O) groups is 1. The van der Waals surface area contributed by atoms with Crippen LogP contribution in [0.1, 0.15) is 36.8 Å². The summed E-state index contributed by atoms with van der Waals surface area (Å²) in [6.45, 7) is 2.66. The van der Waals surface area contributed by atoms with Gasteiger partial charge in [-0.2, -0.15) is 5.10 Å². The van der Waals surface area contributed by atoms with Gasteiger partial charge in [0.25, 0.3) is 0 Å². The van der Waals surface area contributed by atoms with E-state index in [0.29, 0.717) is 60.1 Å². The molecule has 0 bridgehead atoms. The lowest BCUT2D eigenvalue weighted by Crippen LogP contribution is -2.35. The first-order chi connectivity index (χ1) is 25.3. The summed E-state index contributed by atoms with van der Waals surface area (Å²) >= 11 is 7.23. The maximum Gasteiger partial charge on any atom is 0.220 e. The van der Waals surface area contributed by atoms with E-state index in [-0.39, 0.29) is 18.1 Å². The average molecular weight is 725 g/mol. The molecule has 7 rings (SSSR count). The molecular weight excluding hydrogens is 680 g/mol. The van der Waals surface area contributed by atoms with E-state index in [4.69, 9.17) is 35.9 Å². The summed E-state index contributed by atoms with van der Waals surface area (Å²) < 4.78 is 19.3. The number of nitrogens with zero attached hydrogens (tertiary/aromatic N) is 3. The van der Waals surface area contributed by atoms with E-state index in [1.807, 2.05) is 60.3 Å². The van der Waals surface area contributed by atoms with Gasteiger partial charge in [0.2, 0.25) is 11.8 Å². The highest BCUT2D eigenvalue weighted by molar-refractivity contribution is 6.36. The lowest BCUT2D eigenvalue weighted by Gasteiger charge is -2.31. The van der Waals surface area contributed by atoms with Gasteiger partial charge < -0.3 is 35.3 Å². The number of benzene rings is 3. The van der Waals surface area contributed by atoms with Crippen LogP contribution in [0.3, 0.4) is 0 Å². The van der Waals surface area contributed by atoms with Crippen LogP contribution in [0.5, 0.6) is 17.4 Å². The van der Waals surface area contributed by atoms with Gasteiger partial charge in [-0.05, 0) is 49.9 Å². The highest BCUT2D eigenvalue weighted by atomic mass is 35.5. The van der Waals surface area contributed by atoms with Crippen LogP contribution in [0.2, 0.25) is 5.02 Å². The number of para-hydroxylation sites is 1. The van der Waals surface area contributed by atoms with Gasteiger partial charge in [-0.1, -0.05) is 54.1 Å². The molecule has 0 unspecified atom stereocenters. The Labute approximate surface area is 308 Å². The molecule has 272 valence electrons. The van der Waals surface area contributed by atoms with Crippen LogP contribution in [0.25, 0.3) is 44.5 Å². The van der Waals surface area contributed by atoms with Crippen LogP contribution in [-0.2, 0) is 24.9 Å². The Kier molecular flexibility index (Phi) is 10.7. The highest BCUT2D eigenvalue weighted by Gasteiger charge is 2.27. The lowest BCUT2D eigenvalue weighted by atomic mass is 9.82. The predicted molar refractivity (Wildman–Crippen MR) is 203 cm³/mol. The zero-order valence-corrected chi connectivity index (χ0v) is 30.7. The fourth-order valence-electron chi connectivity index (χ4n) is 7.41. The molecule has 5 aromatic rings. The SMILES string of the molecule is COc1cc(-c2nn(C)c3c(-c4cccc(-c5ccc(CNCC6CC(O)C6)c(OC)n5)c4Cl)cccc23)cc(OC)c1CNC[C@@H]1CCC(=O)N1. The Balaban J connectivity index is 1.17. The third-order valence-electron chi connectivity index (χ3n) is 10.2. The minimum absolute atomic E-state index is 0.0985. The third-order valence-corrected chi connectivity index (χ3v) is 10.6. The van der Waals surface area contributed by atoms with Crippen LogP contribution < -0.4 is 30.2 Å². The number of methoxy groups -OCH3 is 3. The van der Waals surface area contributed by atoms with E-state index in [1.54, 1.807) is 21.3 Å². The normalized spacial score (nSPS) is 18.3. The molecule has 2 fully saturated rings. The Morgan fingerprint density at radius 2 is 1.63 bits per heavy atom. The van der Waals surface area contributed by atoms with Gasteiger partial charge in [-0.25, -0.2) is 4.98 Å². The molecule has 1 saturated carbocycles. The number of aromatic nitrogens is 3. The van der Waals surface area contributed by atoms with Gasteiger partial charge in [0, 0.05) is 77.9 Å². The molecule has 1 aliphatic carbocycles. The first-order valence-electron chi connectivity index (χ1n) is 17.7. The third kappa shape index (κ3) is 7.18. The summed E-state index contributed by atoms with van der Waals surface area (Å²) in [5.74, 6) is 2.53. The molecule has 0 radical (unpaired) electrons. The first-order valence-corrected chi connectivity index (χ1v) is 18.1. The van der Waals surface area contributed by atoms with Crippen molar-refractivity contribution in [1.82, 2.24) is 30.7 Å². The Bertz CT molecular complexity index is 2070. The van der Waals surface area contributed by atoms with Crippen molar-refractivity contribution in [2.45, 2.75) is 50.9 Å². The van der Waals surface area contributed by atoms with Crippen molar-refractivity contribution in [3.8, 4) is 51.0 Å². The lowest BCUT2D eigenvalue weighted by molar-refractivity contribution is -0.119. The number of nitrogens with one attached hydrogen (secondary N) is 3. The summed E-state index contributed by atoms with van der Waals surface area (Å²) in [5, 5.41) is 26.1. The van der Waals surface area contributed by atoms with Gasteiger partial charge in [0.15, 0.2) is 0 Å². The number of carbonyl (C=O) groups excluding carboxylic acids is 1. The van der Waals surface area contributed by atoms with E-state index in [0.717, 1.165) is 75.8 Å². The minimum atomic E-state index is -0.158. The molecule has 3 heterocycles. The van der Waals surface area contributed by atoms with Gasteiger partial charge in [-0.15, -0.1) is 0 Å². The topological polar surface area (TPSA) is 132 Å². The van der Waals surface area contributed by atoms with Crippen molar-refractivity contribution in [2.75, 3.05) is 34.4 Å². The van der Waals surface area contributed by atoms with Gasteiger partial charge >= 0.3 is 0 Å². The van der Waals surface area contributed by atoms with Gasteiger partial charge in [0.05, 0.1) is 43.7 Å². The molecule has 4 N–H and O–H groups in total. The highest BCUT2D eigenvalue weighted by Crippen LogP contribution is 2.42. The second-order valence-corrected chi connectivity index (χ2v) is 14.0. The van der Waals surface area contributed by atoms with E-state index < -0.39 is 0 Å². The molecule has 1 saturated heterocycles. The van der Waals surface area contributed by atoms with Crippen LogP contribution in [0.4, 0.5) is 0 Å². The maximum atomic E-state index is 11.6. The molecule has 2 aliphatic rings. The zero-order chi connectivity index (χ0) is 36.4. The molecule has 3 aromatic carbocycles. The molecule has 11 nitrogen and oxygen atoms in total. The second kappa shape index (κ2) is 15.5. The Hall–Kier alpha value is -4.68. The molecule has 12 heteroatoms. The van der Waals surface area contributed by atoms with Gasteiger partial charge in [-0.3, -0.25) is 9.48 Å². The number of pyridine rings is 1. The van der Waals surface area contributed by atoms with Crippen molar-refractivity contribution in [2.24, 2.45) is 13.0 Å². The molecule has 1 amide bonds. The Morgan fingerprint density at radius 1 is 0.923 bits per heavy atom. The quantitative estimate of drug-likeness (QED) is 0.111. The largest absolute Gasteiger partial charge is 0.496 e. The number of halogens is 1. The number of aryl methyl sites for hydroxylation is 1. The molecule has 1 aliphatic heterocycles. The molecule has 2 aromatic heterocycles. The standard InChI is InChI=1S/C40H45ClN6O5/c1-47-39-29(28-7-5-9-30(37(28)41)33-13-11-24(40(45-33)52-4)20-42-19-23-15-27(48)16-23)8-6-10-31(39)38(46-47)25-17-34(50-2)32(35(18-25)51-3)22-43-21-26-12-14-36(49)44-26/h5-11,13,17-18,23,26-27,42-43,48H,12,14-16,19-22H2,1-4H3,(H,44,49)/t23?,26-,27?/m0/s1. The van der Waals surface area contributed by atoms with Crippen LogP contribution in [0, 0.1) is 5.92 Å². The molecule has 1 atom stereocenters. The van der Waals surface area contributed by atoms with Crippen molar-refractivity contribution >= 4 is 28.4 Å². The molecule has 0 spiro atoms. The van der Waals surface area contributed by atoms with Crippen LogP contribution >= 0.6 is 11.6 Å². The van der Waals surface area contributed by atoms with E-state index >= 15 is 0 Å². The molecular formula is C40H45ClN6O5. The zero-order valence-electron chi connectivity index (χ0n) is 30.0. The number of ether oxygens (including phenoxy) is 3. The van der Waals surface area contributed by atoms with Crippen LogP contribution in [0.15, 0.2) is 60.7 Å². The summed E-state index contributed by atoms with van der Waals surface area (Å²) in [4.78, 5) is 16.5. The summed E-state index contributed by atoms with van der Waals surface area (Å²) in [7, 11) is 6.88. The van der Waals surface area contributed by atoms with E-state index in [1.165, 1.54) is 0 Å². The minimum Gasteiger partial charge on any atom is -0.496 e. The first kappa shape index (κ1) is 35.7. The van der Waals surface area contributed by atoms with Gasteiger partial charge in [0.1, 0.15) is 17.2 Å². The van der Waals surface area contributed by atoms with E-state index in [2.05, 4.69) is 28.1 Å². The molecule has 52 heavy (non-hydrogen) atoms. The second-order valence-electron chi connectivity index (χ2n) is 13.6. The summed E-state index contributed by atoms with van der Waals surface area (Å²) in [6, 6.07) is 20.3. The fourth-order valence-corrected chi connectivity index (χ4v) is 7.74. The van der Waals surface area contributed by atoms with Crippen molar-refractivity contribution in [3.05, 3.63) is 76.8 Å². The summed E-state index contributed by atoms with van der Waals surface area (Å²) in [5.41, 5.74) is 7.77. The Morgan fingerprint density at radius 3 is 2.33 bits per heavy atom. The maximum absolute atomic E-state index is 11.6. The number of rotatable bonds is 14. The van der Waals surface area contributed by atoms with Crippen molar-refractivity contribution < 1.29 is 24.1 Å². The monoisotopic (exact) mass is 724 g/mol. The number of hydrogen-bond donors (Lipinski definition) is 4. The summed E-state index contributed by atoms with van der Waals surface area (Å²) in [6.07, 6.45) is 2.94. The number of aliphatic hydroxyl groups is 1. The fraction of sp³-hybridized carbons (Fsp3) is 0.375. The van der Waals surface area contributed by atoms with Crippen molar-refractivity contribution in [1.29, 1.82) is 0 Å².